The van der Waals surface area contributed by atoms with Gasteiger partial charge in [0.05, 0.1) is 19.3 Å². The molecule has 1 aliphatic rings. The number of rotatable bonds is 22. The van der Waals surface area contributed by atoms with Crippen molar-refractivity contribution in [1.82, 2.24) is 4.90 Å². The molecule has 2 amide bonds. The van der Waals surface area contributed by atoms with Crippen molar-refractivity contribution in [2.24, 2.45) is 5.92 Å². The van der Waals surface area contributed by atoms with Crippen molar-refractivity contribution in [2.75, 3.05) is 26.4 Å². The first-order chi connectivity index (χ1) is 19.5. The van der Waals surface area contributed by atoms with E-state index in [1.165, 1.54) is 90.4 Å². The first-order valence-electron chi connectivity index (χ1n) is 16.2. The SMILES string of the molecule is CCCCCCCCCCCCCCCCOC[C@H]1CO[C@H](COC(=O)N(Cc2cccc[n+]2CC)C(C)=O)C1.[Cl-]. The Kier molecular flexibility index (Phi) is 21.7. The van der Waals surface area contributed by atoms with Gasteiger partial charge < -0.3 is 26.6 Å². The molecule has 0 bridgehead atoms. The Morgan fingerprint density at radius 3 is 2.10 bits per heavy atom. The Bertz CT molecular complexity index is 825. The highest BCUT2D eigenvalue weighted by Crippen LogP contribution is 2.21. The smallest absolute Gasteiger partial charge is 0.417 e. The van der Waals surface area contributed by atoms with Crippen LogP contribution in [0, 0.1) is 5.92 Å². The fourth-order valence-electron chi connectivity index (χ4n) is 5.33. The van der Waals surface area contributed by atoms with Gasteiger partial charge in [-0.1, -0.05) is 96.5 Å². The van der Waals surface area contributed by atoms with Crippen LogP contribution >= 0.6 is 0 Å². The number of halogens is 1. The van der Waals surface area contributed by atoms with Crippen LogP contribution in [0.15, 0.2) is 24.4 Å². The van der Waals surface area contributed by atoms with E-state index in [1.807, 2.05) is 35.9 Å². The van der Waals surface area contributed by atoms with Crippen molar-refractivity contribution in [3.63, 3.8) is 0 Å². The first kappa shape index (κ1) is 37.3. The van der Waals surface area contributed by atoms with Gasteiger partial charge in [0.2, 0.25) is 11.6 Å². The van der Waals surface area contributed by atoms with E-state index >= 15 is 0 Å². The first-order valence-corrected chi connectivity index (χ1v) is 16.2. The van der Waals surface area contributed by atoms with Crippen molar-refractivity contribution in [3.8, 4) is 0 Å². The lowest BCUT2D eigenvalue weighted by atomic mass is 10.0. The molecule has 0 radical (unpaired) electrons. The number of pyridine rings is 1. The van der Waals surface area contributed by atoms with E-state index in [2.05, 4.69) is 6.92 Å². The quantitative estimate of drug-likeness (QED) is 0.147. The normalized spacial score (nSPS) is 16.4. The lowest BCUT2D eigenvalue weighted by Crippen LogP contribution is -3.00. The lowest BCUT2D eigenvalue weighted by Gasteiger charge is -2.19. The minimum atomic E-state index is -0.625. The van der Waals surface area contributed by atoms with Gasteiger partial charge in [0, 0.05) is 31.6 Å². The number of amides is 2. The molecule has 0 unspecified atom stereocenters. The highest BCUT2D eigenvalue weighted by atomic mass is 35.5. The van der Waals surface area contributed by atoms with Gasteiger partial charge >= 0.3 is 6.09 Å². The number of imide groups is 1. The molecule has 1 aromatic heterocycles. The predicted octanol–water partition coefficient (Wildman–Crippen LogP) is 4.39. The van der Waals surface area contributed by atoms with Gasteiger partial charge in [-0.25, -0.2) is 14.3 Å². The molecule has 0 aromatic carbocycles. The molecule has 8 heteroatoms. The van der Waals surface area contributed by atoms with Crippen molar-refractivity contribution in [2.45, 2.75) is 136 Å². The Morgan fingerprint density at radius 1 is 0.902 bits per heavy atom. The lowest BCUT2D eigenvalue weighted by molar-refractivity contribution is -0.701. The number of unbranched alkanes of at least 4 members (excludes halogenated alkanes) is 13. The van der Waals surface area contributed by atoms with Gasteiger partial charge in [0.15, 0.2) is 6.20 Å². The molecule has 2 rings (SSSR count). The van der Waals surface area contributed by atoms with Crippen molar-refractivity contribution in [3.05, 3.63) is 30.1 Å². The molecule has 7 nitrogen and oxygen atoms in total. The Labute approximate surface area is 256 Å². The maximum Gasteiger partial charge on any atom is 0.417 e. The number of ether oxygens (including phenoxy) is 3. The topological polar surface area (TPSA) is 69.0 Å². The maximum atomic E-state index is 12.7. The predicted molar refractivity (Wildman–Crippen MR) is 159 cm³/mol. The summed E-state index contributed by atoms with van der Waals surface area (Å²) in [4.78, 5) is 25.9. The number of carbonyl (C=O) groups excluding carboxylic acids is 2. The minimum absolute atomic E-state index is 0. The molecule has 2 heterocycles. The van der Waals surface area contributed by atoms with E-state index in [9.17, 15) is 9.59 Å². The average Bonchev–Trinajstić information content (AvgIpc) is 3.42. The molecule has 0 saturated carbocycles. The molecule has 0 aliphatic carbocycles. The number of aromatic nitrogens is 1. The zero-order valence-corrected chi connectivity index (χ0v) is 26.9. The molecular formula is C33H57ClN2O5. The van der Waals surface area contributed by atoms with Crippen LogP contribution in [0.1, 0.15) is 123 Å². The van der Waals surface area contributed by atoms with Crippen LogP contribution in [-0.2, 0) is 32.1 Å². The Hall–Kier alpha value is -1.70. The molecule has 2 atom stereocenters. The monoisotopic (exact) mass is 596 g/mol. The van der Waals surface area contributed by atoms with Crippen molar-refractivity contribution < 1.29 is 40.8 Å². The van der Waals surface area contributed by atoms with Crippen molar-refractivity contribution in [1.29, 1.82) is 0 Å². The fourth-order valence-corrected chi connectivity index (χ4v) is 5.33. The number of hydrogen-bond acceptors (Lipinski definition) is 5. The van der Waals surface area contributed by atoms with E-state index in [-0.39, 0.29) is 37.6 Å². The molecule has 1 aliphatic heterocycles. The number of hydrogen-bond donors (Lipinski definition) is 0. The second-order valence-electron chi connectivity index (χ2n) is 11.4. The second kappa shape index (κ2) is 23.8. The molecule has 1 fully saturated rings. The molecule has 41 heavy (non-hydrogen) atoms. The number of nitrogens with zero attached hydrogens (tertiary/aromatic N) is 2. The van der Waals surface area contributed by atoms with Gasteiger partial charge in [-0.2, -0.15) is 0 Å². The molecule has 1 saturated heterocycles. The van der Waals surface area contributed by atoms with Crippen LogP contribution in [0.2, 0.25) is 0 Å². The zero-order valence-electron chi connectivity index (χ0n) is 26.1. The molecule has 236 valence electrons. The van der Waals surface area contributed by atoms with E-state index in [4.69, 9.17) is 14.2 Å². The summed E-state index contributed by atoms with van der Waals surface area (Å²) < 4.78 is 19.2. The Morgan fingerprint density at radius 2 is 1.51 bits per heavy atom. The van der Waals surface area contributed by atoms with Gasteiger partial charge in [-0.15, -0.1) is 0 Å². The molecule has 0 N–H and O–H groups in total. The van der Waals surface area contributed by atoms with Gasteiger partial charge in [0.25, 0.3) is 0 Å². The van der Waals surface area contributed by atoms with Crippen LogP contribution in [0.25, 0.3) is 0 Å². The van der Waals surface area contributed by atoms with E-state index in [0.29, 0.717) is 19.1 Å². The third-order valence-electron chi connectivity index (χ3n) is 7.85. The highest BCUT2D eigenvalue weighted by molar-refractivity contribution is 5.90. The summed E-state index contributed by atoms with van der Waals surface area (Å²) in [5.41, 5.74) is 0.880. The van der Waals surface area contributed by atoms with Gasteiger partial charge in [-0.3, -0.25) is 4.79 Å². The summed E-state index contributed by atoms with van der Waals surface area (Å²) in [6.45, 7) is 8.90. The van der Waals surface area contributed by atoms with E-state index in [0.717, 1.165) is 36.6 Å². The summed E-state index contributed by atoms with van der Waals surface area (Å²) in [5.74, 6) is -0.00860. The molecule has 1 aromatic rings. The van der Waals surface area contributed by atoms with Crippen LogP contribution in [0.4, 0.5) is 4.79 Å². The fraction of sp³-hybridized carbons (Fsp3) is 0.788. The number of aryl methyl sites for hydroxylation is 1. The largest absolute Gasteiger partial charge is 1.00 e. The van der Waals surface area contributed by atoms with Gasteiger partial charge in [-0.05, 0) is 19.8 Å². The van der Waals surface area contributed by atoms with Crippen LogP contribution in [0.5, 0.6) is 0 Å². The summed E-state index contributed by atoms with van der Waals surface area (Å²) in [7, 11) is 0. The van der Waals surface area contributed by atoms with Crippen LogP contribution in [0.3, 0.4) is 0 Å². The Balaban J connectivity index is 0.00000840. The third-order valence-corrected chi connectivity index (χ3v) is 7.85. The standard InChI is InChI=1S/C33H57N2O5.ClH/c1-4-6-7-8-9-10-11-12-13-14-15-16-17-20-23-38-26-30-24-32(39-27-30)28-40-33(37)35(29(3)36)25-31-21-18-19-22-34(31)5-2;/h18-19,21-22,30,32H,4-17,20,23-28H2,1-3H3;1H/q+1;/p-1/t30-,32-;/m0./s1. The van der Waals surface area contributed by atoms with Crippen LogP contribution in [-0.4, -0.2) is 49.4 Å². The van der Waals surface area contributed by atoms with Gasteiger partial charge in [0.1, 0.15) is 19.7 Å². The third kappa shape index (κ3) is 16.5. The summed E-state index contributed by atoms with van der Waals surface area (Å²) in [5, 5.41) is 0. The van der Waals surface area contributed by atoms with Crippen molar-refractivity contribution >= 4 is 12.0 Å². The molecule has 0 spiro atoms. The number of carbonyl (C=O) groups is 2. The second-order valence-corrected chi connectivity index (χ2v) is 11.4. The maximum absolute atomic E-state index is 12.7. The molecular weight excluding hydrogens is 540 g/mol. The minimum Gasteiger partial charge on any atom is -1.00 e. The summed E-state index contributed by atoms with van der Waals surface area (Å²) in [6.07, 6.45) is 21.0. The van der Waals surface area contributed by atoms with E-state index in [1.54, 1.807) is 0 Å². The summed E-state index contributed by atoms with van der Waals surface area (Å²) in [6, 6.07) is 5.75. The average molecular weight is 597 g/mol. The highest BCUT2D eigenvalue weighted by Gasteiger charge is 2.29. The van der Waals surface area contributed by atoms with E-state index < -0.39 is 6.09 Å². The zero-order chi connectivity index (χ0) is 28.8. The van der Waals surface area contributed by atoms with Crippen LogP contribution < -0.4 is 17.0 Å². The summed E-state index contributed by atoms with van der Waals surface area (Å²) >= 11 is 0.